The molecule has 0 spiro atoms. The number of para-hydroxylation sites is 2. The number of esters is 1. The lowest BCUT2D eigenvalue weighted by atomic mass is 9.98. The molecule has 1 fully saturated rings. The first kappa shape index (κ1) is 19.5. The van der Waals surface area contributed by atoms with Crippen LogP contribution < -0.4 is 5.73 Å². The molecule has 2 aromatic heterocycles. The molecule has 2 N–H and O–H groups in total. The first-order valence-electron chi connectivity index (χ1n) is 11.0. The Kier molecular flexibility index (Phi) is 5.28. The van der Waals surface area contributed by atoms with Crippen LogP contribution in [0.2, 0.25) is 0 Å². The SMILES string of the molecule is Nc1c(C(=O)OC2CCCCC2)c2nc3ccccc3nc2n1CCc1ccccc1. The number of nitrogen functional groups attached to an aromatic ring is 1. The van der Waals surface area contributed by atoms with Crippen molar-refractivity contribution in [3.8, 4) is 0 Å². The summed E-state index contributed by atoms with van der Waals surface area (Å²) in [5.41, 5.74) is 10.7. The van der Waals surface area contributed by atoms with Gasteiger partial charge in [-0.2, -0.15) is 0 Å². The number of ether oxygens (including phenoxy) is 1. The largest absolute Gasteiger partial charge is 0.459 e. The standard InChI is InChI=1S/C25H26N4O2/c26-23-21(25(30)31-18-11-5-2-6-12-18)22-24(28-20-14-8-7-13-19(20)27-22)29(23)16-15-17-9-3-1-4-10-17/h1,3-4,7-10,13-14,18H,2,5-6,11-12,15-16,26H2. The molecule has 6 heteroatoms. The monoisotopic (exact) mass is 414 g/mol. The zero-order valence-electron chi connectivity index (χ0n) is 17.5. The minimum absolute atomic E-state index is 0.0446. The van der Waals surface area contributed by atoms with Gasteiger partial charge < -0.3 is 15.0 Å². The molecular formula is C25H26N4O2. The topological polar surface area (TPSA) is 83.0 Å². The third-order valence-corrected chi connectivity index (χ3v) is 6.09. The van der Waals surface area contributed by atoms with Crippen LogP contribution >= 0.6 is 0 Å². The molecule has 1 aliphatic carbocycles. The number of aromatic nitrogens is 3. The molecule has 2 aromatic carbocycles. The van der Waals surface area contributed by atoms with E-state index in [1.807, 2.05) is 47.0 Å². The molecule has 0 aliphatic heterocycles. The number of hydrogen-bond acceptors (Lipinski definition) is 5. The summed E-state index contributed by atoms with van der Waals surface area (Å²) in [4.78, 5) is 22.8. The maximum absolute atomic E-state index is 13.2. The van der Waals surface area contributed by atoms with E-state index in [1.54, 1.807) is 0 Å². The van der Waals surface area contributed by atoms with Crippen molar-refractivity contribution in [1.29, 1.82) is 0 Å². The van der Waals surface area contributed by atoms with E-state index in [-0.39, 0.29) is 6.10 Å². The van der Waals surface area contributed by atoms with Gasteiger partial charge in [-0.3, -0.25) is 0 Å². The molecule has 0 amide bonds. The minimum Gasteiger partial charge on any atom is -0.459 e. The maximum Gasteiger partial charge on any atom is 0.344 e. The Hall–Kier alpha value is -3.41. The van der Waals surface area contributed by atoms with Gasteiger partial charge in [0.25, 0.3) is 0 Å². The van der Waals surface area contributed by atoms with Crippen molar-refractivity contribution in [2.45, 2.75) is 51.2 Å². The Morgan fingerprint density at radius 1 is 0.968 bits per heavy atom. The third kappa shape index (κ3) is 3.85. The van der Waals surface area contributed by atoms with Gasteiger partial charge in [-0.15, -0.1) is 0 Å². The number of hydrogen-bond donors (Lipinski definition) is 1. The second kappa shape index (κ2) is 8.38. The highest BCUT2D eigenvalue weighted by atomic mass is 16.5. The predicted octanol–water partition coefficient (Wildman–Crippen LogP) is 4.90. The normalized spacial score (nSPS) is 14.8. The lowest BCUT2D eigenvalue weighted by Gasteiger charge is -2.21. The smallest absolute Gasteiger partial charge is 0.344 e. The maximum atomic E-state index is 13.2. The number of nitrogens with zero attached hydrogens (tertiary/aromatic N) is 3. The number of anilines is 1. The van der Waals surface area contributed by atoms with E-state index in [0.717, 1.165) is 43.1 Å². The van der Waals surface area contributed by atoms with Crippen LogP contribution in [0.3, 0.4) is 0 Å². The average Bonchev–Trinajstić information content (AvgIpc) is 3.07. The van der Waals surface area contributed by atoms with Crippen LogP contribution in [0.15, 0.2) is 54.6 Å². The Morgan fingerprint density at radius 2 is 1.65 bits per heavy atom. The fourth-order valence-electron chi connectivity index (χ4n) is 4.42. The first-order chi connectivity index (χ1) is 15.2. The minimum atomic E-state index is -0.391. The highest BCUT2D eigenvalue weighted by Gasteiger charge is 2.27. The summed E-state index contributed by atoms with van der Waals surface area (Å²) in [5, 5.41) is 0. The fraction of sp³-hybridized carbons (Fsp3) is 0.320. The van der Waals surface area contributed by atoms with Crippen molar-refractivity contribution >= 4 is 34.0 Å². The Morgan fingerprint density at radius 3 is 2.39 bits per heavy atom. The fourth-order valence-corrected chi connectivity index (χ4v) is 4.42. The molecule has 2 heterocycles. The summed E-state index contributed by atoms with van der Waals surface area (Å²) in [6.45, 7) is 0.607. The van der Waals surface area contributed by atoms with Gasteiger partial charge in [-0.1, -0.05) is 48.9 Å². The van der Waals surface area contributed by atoms with Gasteiger partial charge in [0.05, 0.1) is 11.0 Å². The number of fused-ring (bicyclic) bond motifs is 2. The van der Waals surface area contributed by atoms with Gasteiger partial charge >= 0.3 is 5.97 Å². The molecule has 5 rings (SSSR count). The lowest BCUT2D eigenvalue weighted by Crippen LogP contribution is -2.21. The summed E-state index contributed by atoms with van der Waals surface area (Å²) in [6, 6.07) is 17.9. The van der Waals surface area contributed by atoms with Crippen molar-refractivity contribution in [3.05, 3.63) is 65.7 Å². The van der Waals surface area contributed by atoms with E-state index in [9.17, 15) is 4.79 Å². The van der Waals surface area contributed by atoms with E-state index in [1.165, 1.54) is 12.0 Å². The van der Waals surface area contributed by atoms with Gasteiger partial charge in [-0.25, -0.2) is 14.8 Å². The van der Waals surface area contributed by atoms with Crippen molar-refractivity contribution < 1.29 is 9.53 Å². The van der Waals surface area contributed by atoms with Crippen molar-refractivity contribution in [2.24, 2.45) is 0 Å². The van der Waals surface area contributed by atoms with Gasteiger partial charge in [0.15, 0.2) is 5.65 Å². The van der Waals surface area contributed by atoms with Crippen molar-refractivity contribution in [2.75, 3.05) is 5.73 Å². The van der Waals surface area contributed by atoms with E-state index in [4.69, 9.17) is 20.4 Å². The van der Waals surface area contributed by atoms with Crippen LogP contribution in [0.25, 0.3) is 22.2 Å². The number of rotatable bonds is 5. The summed E-state index contributed by atoms with van der Waals surface area (Å²) < 4.78 is 7.76. The molecule has 1 aliphatic rings. The second-order valence-electron chi connectivity index (χ2n) is 8.20. The first-order valence-corrected chi connectivity index (χ1v) is 11.0. The molecule has 4 aromatic rings. The number of benzene rings is 2. The van der Waals surface area contributed by atoms with E-state index < -0.39 is 5.97 Å². The summed E-state index contributed by atoms with van der Waals surface area (Å²) in [7, 11) is 0. The van der Waals surface area contributed by atoms with Gasteiger partial charge in [0, 0.05) is 6.54 Å². The molecule has 0 atom stereocenters. The van der Waals surface area contributed by atoms with Crippen LogP contribution in [-0.2, 0) is 17.7 Å². The van der Waals surface area contributed by atoms with Crippen LogP contribution in [0.4, 0.5) is 5.82 Å². The van der Waals surface area contributed by atoms with E-state index in [2.05, 4.69) is 12.1 Å². The summed E-state index contributed by atoms with van der Waals surface area (Å²) >= 11 is 0. The van der Waals surface area contributed by atoms with Crippen molar-refractivity contribution in [1.82, 2.24) is 14.5 Å². The van der Waals surface area contributed by atoms with Crippen LogP contribution in [0, 0.1) is 0 Å². The molecule has 158 valence electrons. The van der Waals surface area contributed by atoms with Crippen molar-refractivity contribution in [3.63, 3.8) is 0 Å². The number of aryl methyl sites for hydroxylation is 2. The van der Waals surface area contributed by atoms with Gasteiger partial charge in [0.1, 0.15) is 23.0 Å². The number of carbonyl (C=O) groups excluding carboxylic acids is 1. The molecule has 0 saturated heterocycles. The quantitative estimate of drug-likeness (QED) is 0.470. The van der Waals surface area contributed by atoms with E-state index in [0.29, 0.717) is 29.1 Å². The molecular weight excluding hydrogens is 388 g/mol. The Balaban J connectivity index is 1.57. The molecule has 6 nitrogen and oxygen atoms in total. The summed E-state index contributed by atoms with van der Waals surface area (Å²) in [5.74, 6) is -0.0144. The average molecular weight is 415 g/mol. The van der Waals surface area contributed by atoms with Gasteiger partial charge in [0.2, 0.25) is 0 Å². The molecule has 31 heavy (non-hydrogen) atoms. The molecule has 0 unspecified atom stereocenters. The lowest BCUT2D eigenvalue weighted by molar-refractivity contribution is 0.0214. The van der Waals surface area contributed by atoms with Crippen LogP contribution in [-0.4, -0.2) is 26.6 Å². The zero-order valence-corrected chi connectivity index (χ0v) is 17.5. The predicted molar refractivity (Wildman–Crippen MR) is 122 cm³/mol. The third-order valence-electron chi connectivity index (χ3n) is 6.09. The highest BCUT2D eigenvalue weighted by Crippen LogP contribution is 2.30. The second-order valence-corrected chi connectivity index (χ2v) is 8.20. The number of carbonyl (C=O) groups is 1. The molecule has 1 saturated carbocycles. The Labute approximate surface area is 181 Å². The zero-order chi connectivity index (χ0) is 21.2. The number of nitrogens with two attached hydrogens (primary N) is 1. The highest BCUT2D eigenvalue weighted by molar-refractivity contribution is 6.08. The molecule has 0 bridgehead atoms. The van der Waals surface area contributed by atoms with E-state index >= 15 is 0 Å². The molecule has 0 radical (unpaired) electrons. The van der Waals surface area contributed by atoms with Crippen LogP contribution in [0.5, 0.6) is 0 Å². The van der Waals surface area contributed by atoms with Crippen LogP contribution in [0.1, 0.15) is 48.0 Å². The Bertz CT molecular complexity index is 1230. The van der Waals surface area contributed by atoms with Gasteiger partial charge in [-0.05, 0) is 49.8 Å². The summed E-state index contributed by atoms with van der Waals surface area (Å²) in [6.07, 6.45) is 5.94.